The summed E-state index contributed by atoms with van der Waals surface area (Å²) in [4.78, 5) is 2.37. The summed E-state index contributed by atoms with van der Waals surface area (Å²) in [6.45, 7) is 1.78. The van der Waals surface area contributed by atoms with Gasteiger partial charge in [0.15, 0.2) is 11.5 Å². The Hall–Kier alpha value is -0.780. The molecular formula is C16H23BrN2O2. The highest BCUT2D eigenvalue weighted by Gasteiger charge is 2.34. The molecule has 1 aromatic rings. The highest BCUT2D eigenvalue weighted by molar-refractivity contribution is 9.10. The third-order valence-corrected chi connectivity index (χ3v) is 4.86. The predicted octanol–water partition coefficient (Wildman–Crippen LogP) is 2.95. The average Bonchev–Trinajstić information content (AvgIpc) is 3.21. The van der Waals surface area contributed by atoms with Gasteiger partial charge in [-0.2, -0.15) is 0 Å². The summed E-state index contributed by atoms with van der Waals surface area (Å²) < 4.78 is 12.7. The van der Waals surface area contributed by atoms with E-state index >= 15 is 0 Å². The van der Waals surface area contributed by atoms with Crippen LogP contribution in [0.25, 0.3) is 0 Å². The average molecular weight is 355 g/mol. The number of hydrogen-bond acceptors (Lipinski definition) is 4. The minimum Gasteiger partial charge on any atom is -0.493 e. The molecule has 1 aliphatic carbocycles. The van der Waals surface area contributed by atoms with Crippen molar-refractivity contribution in [2.75, 3.05) is 27.2 Å². The first kappa shape index (κ1) is 15.1. The standard InChI is InChI=1S/C16H23BrN2O2/c1-19-9-10(8-18)5-14(19)13-6-11(17)7-15(20-2)16(13)21-12-3-4-12/h6-7,10,12,14H,3-5,8-9,18H2,1-2H3. The maximum atomic E-state index is 6.16. The van der Waals surface area contributed by atoms with E-state index in [1.54, 1.807) is 7.11 Å². The lowest BCUT2D eigenvalue weighted by atomic mass is 9.98. The van der Waals surface area contributed by atoms with Gasteiger partial charge in [-0.05, 0) is 50.9 Å². The topological polar surface area (TPSA) is 47.7 Å². The van der Waals surface area contributed by atoms with E-state index in [0.717, 1.165) is 48.3 Å². The number of methoxy groups -OCH3 is 1. The first-order chi connectivity index (χ1) is 10.1. The third-order valence-electron chi connectivity index (χ3n) is 4.40. The Morgan fingerprint density at radius 3 is 2.71 bits per heavy atom. The minimum atomic E-state index is 0.346. The molecule has 0 bridgehead atoms. The Labute approximate surface area is 134 Å². The Kier molecular flexibility index (Phi) is 4.43. The fourth-order valence-corrected chi connectivity index (χ4v) is 3.56. The van der Waals surface area contributed by atoms with Gasteiger partial charge in [0.25, 0.3) is 0 Å². The Balaban J connectivity index is 1.97. The van der Waals surface area contributed by atoms with Crippen LogP contribution in [0.3, 0.4) is 0 Å². The Morgan fingerprint density at radius 1 is 1.38 bits per heavy atom. The molecule has 5 heteroatoms. The molecule has 1 aliphatic heterocycles. The van der Waals surface area contributed by atoms with Crippen molar-refractivity contribution in [1.82, 2.24) is 4.90 Å². The number of likely N-dealkylation sites (tertiary alicyclic amines) is 1. The van der Waals surface area contributed by atoms with Crippen LogP contribution >= 0.6 is 15.9 Å². The highest BCUT2D eigenvalue weighted by Crippen LogP contribution is 2.46. The van der Waals surface area contributed by atoms with Crippen molar-refractivity contribution in [3.63, 3.8) is 0 Å². The zero-order chi connectivity index (χ0) is 15.0. The molecule has 4 nitrogen and oxygen atoms in total. The van der Waals surface area contributed by atoms with Crippen molar-refractivity contribution in [1.29, 1.82) is 0 Å². The normalized spacial score (nSPS) is 26.1. The van der Waals surface area contributed by atoms with Gasteiger partial charge in [0.05, 0.1) is 13.2 Å². The van der Waals surface area contributed by atoms with Crippen LogP contribution in [-0.4, -0.2) is 38.3 Å². The molecule has 2 atom stereocenters. The SMILES string of the molecule is COc1cc(Br)cc(C2CC(CN)CN2C)c1OC1CC1. The molecule has 1 saturated heterocycles. The summed E-state index contributed by atoms with van der Waals surface area (Å²) in [5.74, 6) is 2.28. The largest absolute Gasteiger partial charge is 0.493 e. The van der Waals surface area contributed by atoms with E-state index in [1.165, 1.54) is 5.56 Å². The summed E-state index contributed by atoms with van der Waals surface area (Å²) in [5.41, 5.74) is 7.07. The number of benzene rings is 1. The number of halogens is 1. The molecule has 1 heterocycles. The molecule has 0 aromatic heterocycles. The lowest BCUT2D eigenvalue weighted by Crippen LogP contribution is -2.21. The van der Waals surface area contributed by atoms with Crippen molar-refractivity contribution < 1.29 is 9.47 Å². The van der Waals surface area contributed by atoms with E-state index in [0.29, 0.717) is 18.1 Å². The molecule has 0 spiro atoms. The van der Waals surface area contributed by atoms with Crippen molar-refractivity contribution in [3.05, 3.63) is 22.2 Å². The smallest absolute Gasteiger partial charge is 0.166 e. The summed E-state index contributed by atoms with van der Waals surface area (Å²) in [5, 5.41) is 0. The molecule has 2 aliphatic rings. The molecule has 21 heavy (non-hydrogen) atoms. The quantitative estimate of drug-likeness (QED) is 0.882. The molecule has 3 rings (SSSR count). The Bertz CT molecular complexity index is 519. The van der Waals surface area contributed by atoms with E-state index in [1.807, 2.05) is 6.07 Å². The van der Waals surface area contributed by atoms with Crippen LogP contribution < -0.4 is 15.2 Å². The molecule has 2 fully saturated rings. The lowest BCUT2D eigenvalue weighted by molar-refractivity contribution is 0.260. The fraction of sp³-hybridized carbons (Fsp3) is 0.625. The zero-order valence-corrected chi connectivity index (χ0v) is 14.2. The van der Waals surface area contributed by atoms with Crippen molar-refractivity contribution >= 4 is 15.9 Å². The highest BCUT2D eigenvalue weighted by atomic mass is 79.9. The number of ether oxygens (including phenoxy) is 2. The van der Waals surface area contributed by atoms with Crippen LogP contribution in [-0.2, 0) is 0 Å². The van der Waals surface area contributed by atoms with Crippen molar-refractivity contribution in [2.24, 2.45) is 11.7 Å². The molecule has 2 N–H and O–H groups in total. The maximum Gasteiger partial charge on any atom is 0.166 e. The Morgan fingerprint density at radius 2 is 2.14 bits per heavy atom. The summed E-state index contributed by atoms with van der Waals surface area (Å²) in [7, 11) is 3.86. The second kappa shape index (κ2) is 6.15. The molecule has 116 valence electrons. The predicted molar refractivity (Wildman–Crippen MR) is 86.9 cm³/mol. The third kappa shape index (κ3) is 3.20. The van der Waals surface area contributed by atoms with Crippen LogP contribution in [0.1, 0.15) is 30.9 Å². The van der Waals surface area contributed by atoms with Gasteiger partial charge in [-0.15, -0.1) is 0 Å². The van der Waals surface area contributed by atoms with E-state index in [-0.39, 0.29) is 0 Å². The minimum absolute atomic E-state index is 0.346. The van der Waals surface area contributed by atoms with Crippen molar-refractivity contribution in [3.8, 4) is 11.5 Å². The van der Waals surface area contributed by atoms with Gasteiger partial charge in [0.2, 0.25) is 0 Å². The molecule has 1 aromatic carbocycles. The number of nitrogens with two attached hydrogens (primary N) is 1. The van der Waals surface area contributed by atoms with E-state index in [2.05, 4.69) is 33.9 Å². The molecule has 0 radical (unpaired) electrons. The van der Waals surface area contributed by atoms with Crippen LogP contribution in [0.5, 0.6) is 11.5 Å². The van der Waals surface area contributed by atoms with Crippen molar-refractivity contribution in [2.45, 2.75) is 31.4 Å². The molecule has 1 saturated carbocycles. The number of hydrogen-bond donors (Lipinski definition) is 1. The van der Waals surface area contributed by atoms with Crippen LogP contribution in [0, 0.1) is 5.92 Å². The maximum absolute atomic E-state index is 6.16. The van der Waals surface area contributed by atoms with E-state index < -0.39 is 0 Å². The molecular weight excluding hydrogens is 332 g/mol. The lowest BCUT2D eigenvalue weighted by Gasteiger charge is -2.24. The van der Waals surface area contributed by atoms with E-state index in [4.69, 9.17) is 15.2 Å². The zero-order valence-electron chi connectivity index (χ0n) is 12.6. The van der Waals surface area contributed by atoms with Gasteiger partial charge in [-0.25, -0.2) is 0 Å². The monoisotopic (exact) mass is 354 g/mol. The number of rotatable bonds is 5. The van der Waals surface area contributed by atoms with Crippen LogP contribution in [0.15, 0.2) is 16.6 Å². The first-order valence-corrected chi connectivity index (χ1v) is 8.36. The number of nitrogens with zero attached hydrogens (tertiary/aromatic N) is 1. The van der Waals surface area contributed by atoms with Gasteiger partial charge in [0.1, 0.15) is 0 Å². The van der Waals surface area contributed by atoms with Gasteiger partial charge in [0, 0.05) is 22.6 Å². The second-order valence-electron chi connectivity index (χ2n) is 6.14. The van der Waals surface area contributed by atoms with Gasteiger partial charge < -0.3 is 15.2 Å². The van der Waals surface area contributed by atoms with Crippen LogP contribution in [0.4, 0.5) is 0 Å². The van der Waals surface area contributed by atoms with Gasteiger partial charge >= 0.3 is 0 Å². The summed E-state index contributed by atoms with van der Waals surface area (Å²) >= 11 is 3.59. The molecule has 2 unspecified atom stereocenters. The van der Waals surface area contributed by atoms with E-state index in [9.17, 15) is 0 Å². The summed E-state index contributed by atoms with van der Waals surface area (Å²) in [6, 6.07) is 4.50. The first-order valence-electron chi connectivity index (χ1n) is 7.56. The summed E-state index contributed by atoms with van der Waals surface area (Å²) in [6.07, 6.45) is 3.72. The van der Waals surface area contributed by atoms with Crippen LogP contribution in [0.2, 0.25) is 0 Å². The van der Waals surface area contributed by atoms with Gasteiger partial charge in [-0.3, -0.25) is 4.90 Å². The van der Waals surface area contributed by atoms with Gasteiger partial charge in [-0.1, -0.05) is 15.9 Å². The second-order valence-corrected chi connectivity index (χ2v) is 7.05. The fourth-order valence-electron chi connectivity index (χ4n) is 3.11. The molecule has 0 amide bonds.